The molecule has 0 heterocycles. The average molecular weight is 145 g/mol. The van der Waals surface area contributed by atoms with Gasteiger partial charge in [-0.1, -0.05) is 20.3 Å². The molecule has 0 aromatic carbocycles. The monoisotopic (exact) mass is 145 g/mol. The van der Waals surface area contributed by atoms with Crippen LogP contribution in [-0.2, 0) is 9.63 Å². The minimum atomic E-state index is 0.232. The molecule has 0 aliphatic carbocycles. The van der Waals surface area contributed by atoms with E-state index in [0.717, 1.165) is 6.42 Å². The molecule has 0 aromatic heterocycles. The normalized spacial score (nSPS) is 15.9. The minimum absolute atomic E-state index is 0.232. The van der Waals surface area contributed by atoms with Crippen LogP contribution in [0.15, 0.2) is 0 Å². The van der Waals surface area contributed by atoms with Gasteiger partial charge in [0, 0.05) is 6.04 Å². The van der Waals surface area contributed by atoms with Crippen LogP contribution in [0, 0.1) is 5.92 Å². The van der Waals surface area contributed by atoms with E-state index in [1.165, 1.54) is 0 Å². The van der Waals surface area contributed by atoms with Gasteiger partial charge in [-0.05, 0) is 12.8 Å². The number of nitrogens with one attached hydrogen (secondary N) is 1. The molecule has 1 N–H and O–H groups in total. The summed E-state index contributed by atoms with van der Waals surface area (Å²) >= 11 is 0. The van der Waals surface area contributed by atoms with E-state index in [2.05, 4.69) is 24.2 Å². The molecule has 0 amide bonds. The molecule has 0 saturated heterocycles. The van der Waals surface area contributed by atoms with E-state index < -0.39 is 0 Å². The predicted molar refractivity (Wildman–Crippen MR) is 39.2 cm³/mol. The van der Waals surface area contributed by atoms with Crippen molar-refractivity contribution < 1.29 is 9.63 Å². The Balaban J connectivity index is 3.40. The molecule has 0 rings (SSSR count). The number of carbonyl (C=O) groups excluding carboxylic acids is 1. The lowest BCUT2D eigenvalue weighted by molar-refractivity contribution is -0.137. The van der Waals surface area contributed by atoms with E-state index >= 15 is 0 Å². The molecule has 2 unspecified atom stereocenters. The highest BCUT2D eigenvalue weighted by Gasteiger charge is 2.08. The zero-order valence-corrected chi connectivity index (χ0v) is 6.76. The smallest absolute Gasteiger partial charge is 0.312 e. The van der Waals surface area contributed by atoms with Gasteiger partial charge >= 0.3 is 6.47 Å². The van der Waals surface area contributed by atoms with Crippen LogP contribution in [0.3, 0.4) is 0 Å². The lowest BCUT2D eigenvalue weighted by Crippen LogP contribution is -2.31. The highest BCUT2D eigenvalue weighted by atomic mass is 16.7. The highest BCUT2D eigenvalue weighted by Crippen LogP contribution is 2.05. The quantitative estimate of drug-likeness (QED) is 0.465. The van der Waals surface area contributed by atoms with Crippen molar-refractivity contribution in [2.45, 2.75) is 33.2 Å². The summed E-state index contributed by atoms with van der Waals surface area (Å²) in [7, 11) is 0. The standard InChI is InChI=1S/C7H15NO2/c1-4-6(2)7(3)8-10-5-9/h5-8H,4H2,1-3H3. The van der Waals surface area contributed by atoms with Crippen molar-refractivity contribution >= 4 is 6.47 Å². The van der Waals surface area contributed by atoms with Crippen LogP contribution in [0.4, 0.5) is 0 Å². The van der Waals surface area contributed by atoms with Crippen LogP contribution in [0.1, 0.15) is 27.2 Å². The number of hydroxylamine groups is 1. The lowest BCUT2D eigenvalue weighted by atomic mass is 10.0. The molecule has 0 saturated carbocycles. The fourth-order valence-corrected chi connectivity index (χ4v) is 0.605. The van der Waals surface area contributed by atoms with Crippen molar-refractivity contribution in [2.75, 3.05) is 0 Å². The van der Waals surface area contributed by atoms with E-state index in [-0.39, 0.29) is 6.04 Å². The molecule has 0 fully saturated rings. The molecule has 60 valence electrons. The first-order valence-corrected chi connectivity index (χ1v) is 3.57. The van der Waals surface area contributed by atoms with Gasteiger partial charge in [-0.15, -0.1) is 0 Å². The lowest BCUT2D eigenvalue weighted by Gasteiger charge is -2.16. The first-order chi connectivity index (χ1) is 4.72. The molecule has 0 bridgehead atoms. The number of carbonyl (C=O) groups is 1. The molecule has 0 aromatic rings. The maximum Gasteiger partial charge on any atom is 0.312 e. The third kappa shape index (κ3) is 3.45. The Morgan fingerprint density at radius 1 is 1.60 bits per heavy atom. The van der Waals surface area contributed by atoms with Crippen LogP contribution in [-0.4, -0.2) is 12.5 Å². The summed E-state index contributed by atoms with van der Waals surface area (Å²) in [5, 5.41) is 0. The largest absolute Gasteiger partial charge is 0.373 e. The van der Waals surface area contributed by atoms with Gasteiger partial charge < -0.3 is 4.84 Å². The van der Waals surface area contributed by atoms with Crippen molar-refractivity contribution in [1.29, 1.82) is 0 Å². The highest BCUT2D eigenvalue weighted by molar-refractivity contribution is 5.36. The molecule has 2 atom stereocenters. The van der Waals surface area contributed by atoms with Gasteiger partial charge in [-0.25, -0.2) is 0 Å². The zero-order valence-electron chi connectivity index (χ0n) is 6.76. The number of hydrogen-bond donors (Lipinski definition) is 1. The maximum absolute atomic E-state index is 9.74. The van der Waals surface area contributed by atoms with Gasteiger partial charge in [0.2, 0.25) is 0 Å². The second kappa shape index (κ2) is 5.23. The van der Waals surface area contributed by atoms with Gasteiger partial charge in [0.15, 0.2) is 0 Å². The summed E-state index contributed by atoms with van der Waals surface area (Å²) in [6.45, 7) is 6.59. The Bertz CT molecular complexity index is 95.6. The summed E-state index contributed by atoms with van der Waals surface area (Å²) in [5.74, 6) is 0.528. The van der Waals surface area contributed by atoms with Gasteiger partial charge in [0.1, 0.15) is 0 Å². The van der Waals surface area contributed by atoms with Crippen LogP contribution in [0.25, 0.3) is 0 Å². The molecule has 0 radical (unpaired) electrons. The van der Waals surface area contributed by atoms with E-state index in [1.807, 2.05) is 6.92 Å². The Morgan fingerprint density at radius 2 is 2.20 bits per heavy atom. The summed E-state index contributed by atoms with van der Waals surface area (Å²) in [4.78, 5) is 14.1. The Kier molecular flexibility index (Phi) is 4.94. The number of hydrogen-bond acceptors (Lipinski definition) is 3. The van der Waals surface area contributed by atoms with Crippen molar-refractivity contribution in [2.24, 2.45) is 5.92 Å². The molecule has 0 spiro atoms. The second-order valence-corrected chi connectivity index (χ2v) is 2.51. The van der Waals surface area contributed by atoms with E-state index in [1.54, 1.807) is 0 Å². The average Bonchev–Trinajstić information content (AvgIpc) is 1.98. The summed E-state index contributed by atoms with van der Waals surface area (Å²) in [6.07, 6.45) is 1.08. The summed E-state index contributed by atoms with van der Waals surface area (Å²) in [5.41, 5.74) is 2.61. The Hall–Kier alpha value is -0.570. The van der Waals surface area contributed by atoms with Crippen molar-refractivity contribution in [3.63, 3.8) is 0 Å². The molecule has 3 nitrogen and oxygen atoms in total. The van der Waals surface area contributed by atoms with Gasteiger partial charge in [-0.2, -0.15) is 5.48 Å². The predicted octanol–water partition coefficient (Wildman–Crippen LogP) is 1.10. The molecule has 10 heavy (non-hydrogen) atoms. The molecular weight excluding hydrogens is 130 g/mol. The van der Waals surface area contributed by atoms with Crippen LogP contribution in [0.5, 0.6) is 0 Å². The maximum atomic E-state index is 9.74. The first kappa shape index (κ1) is 9.43. The van der Waals surface area contributed by atoms with E-state index in [9.17, 15) is 4.79 Å². The van der Waals surface area contributed by atoms with E-state index in [0.29, 0.717) is 12.4 Å². The summed E-state index contributed by atoms with van der Waals surface area (Å²) < 4.78 is 0. The molecular formula is C7H15NO2. The van der Waals surface area contributed by atoms with Crippen molar-refractivity contribution in [3.05, 3.63) is 0 Å². The van der Waals surface area contributed by atoms with Crippen LogP contribution >= 0.6 is 0 Å². The fourth-order valence-electron chi connectivity index (χ4n) is 0.605. The second-order valence-electron chi connectivity index (χ2n) is 2.51. The third-order valence-electron chi connectivity index (χ3n) is 1.80. The summed E-state index contributed by atoms with van der Waals surface area (Å²) in [6, 6.07) is 0.232. The van der Waals surface area contributed by atoms with Gasteiger partial charge in [-0.3, -0.25) is 4.79 Å². The van der Waals surface area contributed by atoms with Crippen LogP contribution < -0.4 is 5.48 Å². The van der Waals surface area contributed by atoms with Gasteiger partial charge in [0.25, 0.3) is 0 Å². The first-order valence-electron chi connectivity index (χ1n) is 3.57. The minimum Gasteiger partial charge on any atom is -0.373 e. The SMILES string of the molecule is CCC(C)C(C)NOC=O. The third-order valence-corrected chi connectivity index (χ3v) is 1.80. The topological polar surface area (TPSA) is 38.3 Å². The van der Waals surface area contributed by atoms with Crippen LogP contribution in [0.2, 0.25) is 0 Å². The fraction of sp³-hybridized carbons (Fsp3) is 0.857. The Morgan fingerprint density at radius 3 is 2.60 bits per heavy atom. The number of rotatable bonds is 5. The zero-order chi connectivity index (χ0) is 7.98. The molecule has 3 heteroatoms. The van der Waals surface area contributed by atoms with Gasteiger partial charge in [0.05, 0.1) is 0 Å². The molecule has 0 aliphatic heterocycles. The van der Waals surface area contributed by atoms with Crippen molar-refractivity contribution in [3.8, 4) is 0 Å². The molecule has 0 aliphatic rings. The van der Waals surface area contributed by atoms with Crippen molar-refractivity contribution in [1.82, 2.24) is 5.48 Å². The van der Waals surface area contributed by atoms with E-state index in [4.69, 9.17) is 0 Å². The Labute approximate surface area is 61.7 Å².